The number of aryl methyl sites for hydroxylation is 1. The van der Waals surface area contributed by atoms with Gasteiger partial charge in [-0.15, -0.1) is 0 Å². The molecule has 7 heteroatoms. The van der Waals surface area contributed by atoms with Crippen LogP contribution in [0.3, 0.4) is 0 Å². The van der Waals surface area contributed by atoms with Crippen LogP contribution in [-0.2, 0) is 13.6 Å². The van der Waals surface area contributed by atoms with Gasteiger partial charge < -0.3 is 9.88 Å². The van der Waals surface area contributed by atoms with Gasteiger partial charge in [0.1, 0.15) is 13.7 Å². The third-order valence-corrected chi connectivity index (χ3v) is 3.94. The highest BCUT2D eigenvalue weighted by Crippen LogP contribution is 2.21. The fourth-order valence-electron chi connectivity index (χ4n) is 2.60. The second kappa shape index (κ2) is 5.84. The molecule has 0 aliphatic heterocycles. The van der Waals surface area contributed by atoms with Gasteiger partial charge in [-0.1, -0.05) is 30.3 Å². The zero-order valence-corrected chi connectivity index (χ0v) is 13.2. The molecule has 24 heavy (non-hydrogen) atoms. The minimum Gasteiger partial charge on any atom is -0.364 e. The summed E-state index contributed by atoms with van der Waals surface area (Å²) in [6, 6.07) is 12.0. The number of fused-ring (bicyclic) bond motifs is 1. The molecule has 116 valence electrons. The van der Waals surface area contributed by atoms with Gasteiger partial charge in [-0.05, 0) is 5.46 Å². The van der Waals surface area contributed by atoms with Gasteiger partial charge in [0, 0.05) is 31.1 Å². The molecule has 3 aromatic heterocycles. The Morgan fingerprint density at radius 3 is 2.75 bits per heavy atom. The normalized spacial score (nSPS) is 11.0. The van der Waals surface area contributed by atoms with E-state index >= 15 is 0 Å². The number of benzene rings is 1. The van der Waals surface area contributed by atoms with E-state index in [-0.39, 0.29) is 0 Å². The Morgan fingerprint density at radius 2 is 2.00 bits per heavy atom. The van der Waals surface area contributed by atoms with Crippen LogP contribution in [0.15, 0.2) is 55.1 Å². The Balaban J connectivity index is 1.77. The Bertz CT molecular complexity index is 989. The number of imidazole rings is 1. The molecular weight excluding hydrogens is 299 g/mol. The first kappa shape index (κ1) is 14.5. The van der Waals surface area contributed by atoms with E-state index < -0.39 is 0 Å². The van der Waals surface area contributed by atoms with E-state index in [0.29, 0.717) is 17.7 Å². The maximum atomic E-state index is 6.02. The van der Waals surface area contributed by atoms with Crippen molar-refractivity contribution in [3.8, 4) is 11.3 Å². The third kappa shape index (κ3) is 2.54. The van der Waals surface area contributed by atoms with Gasteiger partial charge >= 0.3 is 0 Å². The highest BCUT2D eigenvalue weighted by Gasteiger charge is 2.10. The highest BCUT2D eigenvalue weighted by atomic mass is 15.3. The lowest BCUT2D eigenvalue weighted by atomic mass is 10.0. The molecule has 0 bridgehead atoms. The Morgan fingerprint density at radius 1 is 1.17 bits per heavy atom. The minimum atomic E-state index is 0.552. The first-order valence-corrected chi connectivity index (χ1v) is 7.61. The van der Waals surface area contributed by atoms with Gasteiger partial charge in [0.05, 0.1) is 24.3 Å². The van der Waals surface area contributed by atoms with Crippen LogP contribution in [0, 0.1) is 0 Å². The minimum absolute atomic E-state index is 0.552. The monoisotopic (exact) mass is 314 g/mol. The molecule has 0 unspecified atom stereocenters. The van der Waals surface area contributed by atoms with Gasteiger partial charge in [0.15, 0.2) is 5.65 Å². The fourth-order valence-corrected chi connectivity index (χ4v) is 2.60. The van der Waals surface area contributed by atoms with Crippen LogP contribution in [0.1, 0.15) is 5.69 Å². The molecule has 0 aliphatic carbocycles. The van der Waals surface area contributed by atoms with E-state index in [1.165, 1.54) is 0 Å². The van der Waals surface area contributed by atoms with E-state index in [4.69, 9.17) is 7.85 Å². The van der Waals surface area contributed by atoms with E-state index in [1.54, 1.807) is 17.0 Å². The molecule has 1 N–H and O–H groups in total. The number of hydrogen-bond acceptors (Lipinski definition) is 4. The van der Waals surface area contributed by atoms with Crippen LogP contribution in [-0.4, -0.2) is 32.0 Å². The lowest BCUT2D eigenvalue weighted by Gasteiger charge is -2.11. The van der Waals surface area contributed by atoms with E-state index in [1.807, 2.05) is 54.2 Å². The molecular formula is C17H15BN6. The van der Waals surface area contributed by atoms with Gasteiger partial charge in [-0.2, -0.15) is 9.61 Å². The SMILES string of the molecule is [B]c1cnn2c(NCc3cncn3C)cc(-c3ccccc3)nc12. The van der Waals surface area contributed by atoms with Gasteiger partial charge in [-0.25, -0.2) is 9.97 Å². The summed E-state index contributed by atoms with van der Waals surface area (Å²) >= 11 is 0. The second-order valence-corrected chi connectivity index (χ2v) is 5.58. The third-order valence-electron chi connectivity index (χ3n) is 3.94. The number of rotatable bonds is 4. The van der Waals surface area contributed by atoms with Crippen molar-refractivity contribution in [1.82, 2.24) is 24.1 Å². The Hall–Kier alpha value is -3.09. The first-order valence-electron chi connectivity index (χ1n) is 7.61. The van der Waals surface area contributed by atoms with E-state index in [9.17, 15) is 0 Å². The van der Waals surface area contributed by atoms with Gasteiger partial charge in [0.25, 0.3) is 0 Å². The maximum Gasteiger partial charge on any atom is 0.150 e. The number of nitrogens with one attached hydrogen (secondary N) is 1. The number of anilines is 1. The summed E-state index contributed by atoms with van der Waals surface area (Å²) in [5.74, 6) is 0.830. The van der Waals surface area contributed by atoms with Crippen LogP contribution in [0.4, 0.5) is 5.82 Å². The molecule has 0 saturated heterocycles. The second-order valence-electron chi connectivity index (χ2n) is 5.58. The van der Waals surface area contributed by atoms with Crippen molar-refractivity contribution in [1.29, 1.82) is 0 Å². The maximum absolute atomic E-state index is 6.02. The predicted octanol–water partition coefficient (Wildman–Crippen LogP) is 1.54. The zero-order valence-electron chi connectivity index (χ0n) is 13.2. The first-order chi connectivity index (χ1) is 11.7. The molecule has 0 saturated carbocycles. The lowest BCUT2D eigenvalue weighted by Crippen LogP contribution is -2.10. The summed E-state index contributed by atoms with van der Waals surface area (Å²) in [6.07, 6.45) is 5.23. The molecule has 0 aliphatic rings. The number of hydrogen-bond donors (Lipinski definition) is 1. The molecule has 3 heterocycles. The summed E-state index contributed by atoms with van der Waals surface area (Å²) in [7, 11) is 7.98. The lowest BCUT2D eigenvalue weighted by molar-refractivity contribution is 0.828. The van der Waals surface area contributed by atoms with Crippen molar-refractivity contribution in [2.75, 3.05) is 5.32 Å². The Kier molecular flexibility index (Phi) is 3.53. The molecule has 0 spiro atoms. The van der Waals surface area contributed by atoms with Gasteiger partial charge in [0.2, 0.25) is 0 Å². The average molecular weight is 314 g/mol. The van der Waals surface area contributed by atoms with Crippen molar-refractivity contribution < 1.29 is 0 Å². The van der Waals surface area contributed by atoms with Crippen LogP contribution in [0.2, 0.25) is 0 Å². The molecule has 4 rings (SSSR count). The average Bonchev–Trinajstić information content (AvgIpc) is 3.19. The van der Waals surface area contributed by atoms with Crippen LogP contribution in [0.5, 0.6) is 0 Å². The summed E-state index contributed by atoms with van der Waals surface area (Å²) in [4.78, 5) is 8.78. The van der Waals surface area contributed by atoms with Crippen molar-refractivity contribution in [3.05, 3.63) is 60.8 Å². The van der Waals surface area contributed by atoms with Gasteiger partial charge in [-0.3, -0.25) is 0 Å². The van der Waals surface area contributed by atoms with E-state index in [0.717, 1.165) is 22.8 Å². The summed E-state index contributed by atoms with van der Waals surface area (Å²) in [5.41, 5.74) is 4.15. The topological polar surface area (TPSA) is 60.0 Å². The van der Waals surface area contributed by atoms with Crippen molar-refractivity contribution >= 4 is 24.8 Å². The van der Waals surface area contributed by atoms with Crippen LogP contribution < -0.4 is 10.8 Å². The highest BCUT2D eigenvalue weighted by molar-refractivity contribution is 6.36. The summed E-state index contributed by atoms with van der Waals surface area (Å²) in [6.45, 7) is 0.629. The quantitative estimate of drug-likeness (QED) is 0.581. The molecule has 2 radical (unpaired) electrons. The van der Waals surface area contributed by atoms with E-state index in [2.05, 4.69) is 20.4 Å². The molecule has 4 aromatic rings. The van der Waals surface area contributed by atoms with Crippen LogP contribution in [0.25, 0.3) is 16.9 Å². The largest absolute Gasteiger partial charge is 0.364 e. The molecule has 0 amide bonds. The predicted molar refractivity (Wildman–Crippen MR) is 94.3 cm³/mol. The standard InChI is InChI=1S/C17H15BN6/c1-23-11-19-8-13(23)9-20-16-7-15(12-5-3-2-4-6-12)22-17-14(18)10-21-24(16)17/h2-8,10-11,20H,9H2,1H3. The van der Waals surface area contributed by atoms with Crippen molar-refractivity contribution in [2.24, 2.45) is 7.05 Å². The molecule has 6 nitrogen and oxygen atoms in total. The number of aromatic nitrogens is 5. The van der Waals surface area contributed by atoms with Crippen molar-refractivity contribution in [3.63, 3.8) is 0 Å². The molecule has 0 fully saturated rings. The smallest absolute Gasteiger partial charge is 0.150 e. The van der Waals surface area contributed by atoms with Crippen LogP contribution >= 0.6 is 0 Å². The van der Waals surface area contributed by atoms with Crippen molar-refractivity contribution in [2.45, 2.75) is 6.54 Å². The zero-order chi connectivity index (χ0) is 16.5. The fraction of sp³-hybridized carbons (Fsp3) is 0.118. The molecule has 1 aromatic carbocycles. The summed E-state index contributed by atoms with van der Waals surface area (Å²) in [5, 5.41) is 7.72. The molecule has 0 atom stereocenters. The number of nitrogens with zero attached hydrogens (tertiary/aromatic N) is 5. The Labute approximate surface area is 140 Å². The summed E-state index contributed by atoms with van der Waals surface area (Å²) < 4.78 is 3.69.